The monoisotopic (exact) mass is 388 g/mol. The van der Waals surface area contributed by atoms with E-state index in [1.165, 1.54) is 5.56 Å². The highest BCUT2D eigenvalue weighted by molar-refractivity contribution is 7.09. The molecular weight excluding hydrogens is 368 g/mol. The first-order chi connectivity index (χ1) is 12.7. The normalized spacial score (nSPS) is 10.7. The zero-order valence-electron chi connectivity index (χ0n) is 14.6. The molecule has 0 bridgehead atoms. The summed E-state index contributed by atoms with van der Waals surface area (Å²) in [4.78, 5) is 4.58. The molecule has 1 aromatic heterocycles. The largest absolute Gasteiger partial charge is 0.492 e. The highest BCUT2D eigenvalue weighted by Crippen LogP contribution is 2.17. The summed E-state index contributed by atoms with van der Waals surface area (Å²) in [6.45, 7) is 4.60. The van der Waals surface area contributed by atoms with E-state index in [0.29, 0.717) is 24.8 Å². The summed E-state index contributed by atoms with van der Waals surface area (Å²) in [5.74, 6) is 1.69. The second kappa shape index (κ2) is 9.57. The molecule has 0 aliphatic rings. The highest BCUT2D eigenvalue weighted by atomic mass is 35.5. The number of rotatable bonds is 9. The Morgan fingerprint density at radius 1 is 1.00 bits per heavy atom. The topological polar surface area (TPSA) is 43.4 Å². The fraction of sp³-hybridized carbons (Fsp3) is 0.250. The minimum atomic E-state index is 0.493. The number of aromatic nitrogens is 1. The molecule has 1 heterocycles. The Labute approximate surface area is 162 Å². The van der Waals surface area contributed by atoms with Crippen molar-refractivity contribution in [2.24, 2.45) is 0 Å². The van der Waals surface area contributed by atoms with Crippen LogP contribution in [0.25, 0.3) is 0 Å². The number of nitrogens with zero attached hydrogens (tertiary/aromatic N) is 1. The Morgan fingerprint density at radius 2 is 1.69 bits per heavy atom. The first-order valence-electron chi connectivity index (χ1n) is 8.41. The van der Waals surface area contributed by atoms with Crippen LogP contribution >= 0.6 is 22.9 Å². The number of nitrogens with one attached hydrogen (secondary N) is 1. The van der Waals surface area contributed by atoms with Gasteiger partial charge in [0.15, 0.2) is 0 Å². The van der Waals surface area contributed by atoms with Gasteiger partial charge in [-0.25, -0.2) is 4.98 Å². The second-order valence-electron chi connectivity index (χ2n) is 5.81. The smallest absolute Gasteiger partial charge is 0.140 e. The average molecular weight is 389 g/mol. The lowest BCUT2D eigenvalue weighted by atomic mass is 10.2. The lowest BCUT2D eigenvalue weighted by Crippen LogP contribution is -2.20. The predicted octanol–water partition coefficient (Wildman–Crippen LogP) is 4.85. The van der Waals surface area contributed by atoms with Crippen LogP contribution in [0.5, 0.6) is 11.5 Å². The number of aryl methyl sites for hydroxylation is 1. The van der Waals surface area contributed by atoms with E-state index in [1.54, 1.807) is 11.3 Å². The summed E-state index contributed by atoms with van der Waals surface area (Å²) in [7, 11) is 0. The van der Waals surface area contributed by atoms with Crippen LogP contribution in [-0.4, -0.2) is 18.1 Å². The van der Waals surface area contributed by atoms with E-state index in [4.69, 9.17) is 21.1 Å². The Balaban J connectivity index is 1.34. The van der Waals surface area contributed by atoms with Gasteiger partial charge in [-0.1, -0.05) is 29.3 Å². The molecule has 0 atom stereocenters. The van der Waals surface area contributed by atoms with Crippen LogP contribution < -0.4 is 14.8 Å². The number of benzene rings is 2. The van der Waals surface area contributed by atoms with Crippen molar-refractivity contribution in [2.75, 3.05) is 13.2 Å². The molecule has 1 N–H and O–H groups in total. The third kappa shape index (κ3) is 6.02. The lowest BCUT2D eigenvalue weighted by Gasteiger charge is -2.06. The third-order valence-corrected chi connectivity index (χ3v) is 4.77. The fourth-order valence-electron chi connectivity index (χ4n) is 2.26. The van der Waals surface area contributed by atoms with E-state index in [9.17, 15) is 0 Å². The molecule has 0 amide bonds. The van der Waals surface area contributed by atoms with Crippen molar-refractivity contribution in [1.29, 1.82) is 0 Å². The SMILES string of the molecule is Cc1ccc(OCc2nc(CNCCOc3ccc(Cl)cc3)cs2)cc1. The van der Waals surface area contributed by atoms with Crippen molar-refractivity contribution in [2.45, 2.75) is 20.1 Å². The van der Waals surface area contributed by atoms with Gasteiger partial charge in [-0.05, 0) is 43.3 Å². The maximum Gasteiger partial charge on any atom is 0.140 e. The molecule has 0 aliphatic heterocycles. The zero-order valence-corrected chi connectivity index (χ0v) is 16.1. The maximum absolute atomic E-state index is 5.85. The Morgan fingerprint density at radius 3 is 2.46 bits per heavy atom. The van der Waals surface area contributed by atoms with E-state index in [-0.39, 0.29) is 0 Å². The standard InChI is InChI=1S/C20H21ClN2O2S/c1-15-2-6-19(7-3-15)25-13-20-23-17(14-26-20)12-22-10-11-24-18-8-4-16(21)5-9-18/h2-9,14,22H,10-13H2,1H3. The van der Waals surface area contributed by atoms with Gasteiger partial charge in [0.05, 0.1) is 5.69 Å². The van der Waals surface area contributed by atoms with Crippen molar-refractivity contribution in [1.82, 2.24) is 10.3 Å². The van der Waals surface area contributed by atoms with Gasteiger partial charge in [0.1, 0.15) is 29.7 Å². The molecule has 0 spiro atoms. The fourth-order valence-corrected chi connectivity index (χ4v) is 3.10. The number of thiazole rings is 1. The summed E-state index contributed by atoms with van der Waals surface area (Å²) < 4.78 is 11.4. The van der Waals surface area contributed by atoms with Gasteiger partial charge in [-0.15, -0.1) is 11.3 Å². The zero-order chi connectivity index (χ0) is 18.2. The molecule has 0 radical (unpaired) electrons. The highest BCUT2D eigenvalue weighted by Gasteiger charge is 2.03. The minimum Gasteiger partial charge on any atom is -0.492 e. The third-order valence-electron chi connectivity index (χ3n) is 3.65. The van der Waals surface area contributed by atoms with Gasteiger partial charge >= 0.3 is 0 Å². The number of hydrogen-bond acceptors (Lipinski definition) is 5. The van der Waals surface area contributed by atoms with Crippen LogP contribution in [0, 0.1) is 6.92 Å². The quantitative estimate of drug-likeness (QED) is 0.532. The Hall–Kier alpha value is -2.08. The summed E-state index contributed by atoms with van der Waals surface area (Å²) >= 11 is 7.46. The second-order valence-corrected chi connectivity index (χ2v) is 7.19. The van der Waals surface area contributed by atoms with Crippen LogP contribution in [-0.2, 0) is 13.2 Å². The average Bonchev–Trinajstić information content (AvgIpc) is 3.10. The summed E-state index contributed by atoms with van der Waals surface area (Å²) in [5, 5.41) is 7.07. The predicted molar refractivity (Wildman–Crippen MR) is 106 cm³/mol. The number of hydrogen-bond donors (Lipinski definition) is 1. The summed E-state index contributed by atoms with van der Waals surface area (Å²) in [5.41, 5.74) is 2.24. The van der Waals surface area contributed by atoms with Gasteiger partial charge in [0, 0.05) is 23.5 Å². The van der Waals surface area contributed by atoms with Crippen molar-refractivity contribution in [3.63, 3.8) is 0 Å². The molecule has 3 rings (SSSR count). The van der Waals surface area contributed by atoms with E-state index >= 15 is 0 Å². The van der Waals surface area contributed by atoms with Crippen molar-refractivity contribution >= 4 is 22.9 Å². The van der Waals surface area contributed by atoms with E-state index in [2.05, 4.69) is 22.6 Å². The molecule has 0 fully saturated rings. The van der Waals surface area contributed by atoms with Crippen LogP contribution in [0.2, 0.25) is 5.02 Å². The molecule has 0 aliphatic carbocycles. The molecule has 4 nitrogen and oxygen atoms in total. The van der Waals surface area contributed by atoms with Crippen molar-refractivity contribution in [3.8, 4) is 11.5 Å². The lowest BCUT2D eigenvalue weighted by molar-refractivity contribution is 0.304. The van der Waals surface area contributed by atoms with Gasteiger partial charge in [0.25, 0.3) is 0 Å². The molecule has 0 saturated carbocycles. The summed E-state index contributed by atoms with van der Waals surface area (Å²) in [6.07, 6.45) is 0. The summed E-state index contributed by atoms with van der Waals surface area (Å²) in [6, 6.07) is 15.4. The van der Waals surface area contributed by atoms with Crippen LogP contribution in [0.3, 0.4) is 0 Å². The van der Waals surface area contributed by atoms with Gasteiger partial charge in [-0.2, -0.15) is 0 Å². The maximum atomic E-state index is 5.85. The number of ether oxygens (including phenoxy) is 2. The van der Waals surface area contributed by atoms with Crippen LogP contribution in [0.4, 0.5) is 0 Å². The van der Waals surface area contributed by atoms with E-state index < -0.39 is 0 Å². The van der Waals surface area contributed by atoms with Crippen molar-refractivity contribution < 1.29 is 9.47 Å². The molecule has 2 aromatic carbocycles. The molecule has 6 heteroatoms. The Bertz CT molecular complexity index is 803. The van der Waals surface area contributed by atoms with Gasteiger partial charge in [0.2, 0.25) is 0 Å². The van der Waals surface area contributed by atoms with Crippen LogP contribution in [0.1, 0.15) is 16.3 Å². The van der Waals surface area contributed by atoms with Gasteiger partial charge in [-0.3, -0.25) is 0 Å². The minimum absolute atomic E-state index is 0.493. The molecule has 0 unspecified atom stereocenters. The van der Waals surface area contributed by atoms with Gasteiger partial charge < -0.3 is 14.8 Å². The van der Waals surface area contributed by atoms with E-state index in [1.807, 2.05) is 48.5 Å². The van der Waals surface area contributed by atoms with E-state index in [0.717, 1.165) is 28.7 Å². The first kappa shape index (κ1) is 18.7. The molecular formula is C20H21ClN2O2S. The first-order valence-corrected chi connectivity index (χ1v) is 9.66. The molecule has 136 valence electrons. The molecule has 26 heavy (non-hydrogen) atoms. The van der Waals surface area contributed by atoms with Crippen LogP contribution in [0.15, 0.2) is 53.9 Å². The molecule has 0 saturated heterocycles. The Kier molecular flexibility index (Phi) is 6.89. The number of halogens is 1. The van der Waals surface area contributed by atoms with Crippen molar-refractivity contribution in [3.05, 3.63) is 75.2 Å². The molecule has 3 aromatic rings.